The molecule has 4 bridgehead atoms. The van der Waals surface area contributed by atoms with Crippen molar-refractivity contribution in [2.24, 2.45) is 18.4 Å². The molecule has 1 aliphatic rings. The SMILES string of the molecule is COC(=O)[C@@H](C)Cc1cccc(C2(C)CCCC(C)(C)CS(=O)(=O)CCc3c(c(F)cc4c3ccn4S(=O)(=O)c3ccc(C)cc3)S(=O)(=O)c3ccc(F)c(c3)-c3nc2nn3C)n1. The van der Waals surface area contributed by atoms with Crippen molar-refractivity contribution in [3.63, 3.8) is 0 Å². The Balaban J connectivity index is 1.42. The largest absolute Gasteiger partial charge is 0.469 e. The standard InChI is InChI=1S/C45H49F2N5O8S3/c1-28-12-14-31(15-13-28)63(58,59)52-22-18-33-34-19-23-61(54,55)27-44(3,4)20-9-21-45(5,39-11-8-10-30(48-39)24-29(2)42(53)60-7)43-49-41(51(6)50-43)35-25-32(16-17-36(35)46)62(56,57)40(34)37(47)26-38(33)52/h8,10-18,22,25-26,29H,9,19-21,23-24,27H2,1-7H3/t29-,45?/m0/s1. The lowest BCUT2D eigenvalue weighted by molar-refractivity contribution is -0.144. The van der Waals surface area contributed by atoms with Gasteiger partial charge in [0.15, 0.2) is 21.5 Å². The number of hydrogen-bond donors (Lipinski definition) is 0. The van der Waals surface area contributed by atoms with Gasteiger partial charge in [0.1, 0.15) is 16.5 Å². The number of esters is 1. The molecule has 13 nitrogen and oxygen atoms in total. The van der Waals surface area contributed by atoms with E-state index in [1.54, 1.807) is 44.2 Å². The molecule has 0 saturated heterocycles. The van der Waals surface area contributed by atoms with Crippen LogP contribution >= 0.6 is 0 Å². The van der Waals surface area contributed by atoms with Gasteiger partial charge in [0.25, 0.3) is 10.0 Å². The maximum atomic E-state index is 16.8. The number of carbonyl (C=O) groups excluding carboxylic acids is 1. The second-order valence-corrected chi connectivity index (χ2v) is 23.3. The smallest absolute Gasteiger partial charge is 0.308 e. The quantitative estimate of drug-likeness (QED) is 0.121. The van der Waals surface area contributed by atoms with Crippen LogP contribution in [0.4, 0.5) is 8.78 Å². The third-order valence-corrected chi connectivity index (χ3v) is 17.5. The molecule has 0 saturated carbocycles. The van der Waals surface area contributed by atoms with Crippen LogP contribution in [0, 0.1) is 29.9 Å². The van der Waals surface area contributed by atoms with Crippen LogP contribution < -0.4 is 0 Å². The highest BCUT2D eigenvalue weighted by molar-refractivity contribution is 7.92. The van der Waals surface area contributed by atoms with E-state index in [4.69, 9.17) is 19.8 Å². The van der Waals surface area contributed by atoms with Crippen molar-refractivity contribution < 1.29 is 43.6 Å². The molecule has 0 aliphatic carbocycles. The summed E-state index contributed by atoms with van der Waals surface area (Å²) < 4.78 is 125. The van der Waals surface area contributed by atoms with Crippen LogP contribution in [0.15, 0.2) is 93.7 Å². The molecule has 0 fully saturated rings. The van der Waals surface area contributed by atoms with Crippen LogP contribution in [0.2, 0.25) is 0 Å². The lowest BCUT2D eigenvalue weighted by atomic mass is 9.78. The summed E-state index contributed by atoms with van der Waals surface area (Å²) in [4.78, 5) is 20.5. The van der Waals surface area contributed by atoms with Gasteiger partial charge in [0.2, 0.25) is 9.84 Å². The third-order valence-electron chi connectivity index (χ3n) is 11.9. The van der Waals surface area contributed by atoms with Crippen LogP contribution in [0.3, 0.4) is 0 Å². The Bertz CT molecular complexity index is 3110. The number of ether oxygens (including phenoxy) is 1. The van der Waals surface area contributed by atoms with E-state index in [9.17, 15) is 30.0 Å². The Morgan fingerprint density at radius 2 is 1.65 bits per heavy atom. The summed E-state index contributed by atoms with van der Waals surface area (Å²) >= 11 is 0. The van der Waals surface area contributed by atoms with Crippen molar-refractivity contribution in [3.8, 4) is 11.4 Å². The predicted molar refractivity (Wildman–Crippen MR) is 233 cm³/mol. The van der Waals surface area contributed by atoms with Gasteiger partial charge in [-0.05, 0) is 92.6 Å². The molecule has 63 heavy (non-hydrogen) atoms. The van der Waals surface area contributed by atoms with Crippen molar-refractivity contribution in [1.82, 2.24) is 23.7 Å². The summed E-state index contributed by atoms with van der Waals surface area (Å²) in [6.07, 6.45) is 2.22. The molecular weight excluding hydrogens is 873 g/mol. The second-order valence-electron chi connectivity index (χ2n) is 17.4. The summed E-state index contributed by atoms with van der Waals surface area (Å²) in [5.74, 6) is -3.72. The molecule has 4 heterocycles. The van der Waals surface area contributed by atoms with E-state index in [1.165, 1.54) is 43.2 Å². The number of halogens is 2. The van der Waals surface area contributed by atoms with Crippen LogP contribution in [-0.2, 0) is 64.5 Å². The number of carbonyl (C=O) groups is 1. The number of nitrogens with zero attached hydrogens (tertiary/aromatic N) is 5. The lowest BCUT2D eigenvalue weighted by Crippen LogP contribution is -2.30. The first-order chi connectivity index (χ1) is 29.5. The fraction of sp³-hybridized carbons (Fsp3) is 0.378. The van der Waals surface area contributed by atoms with Crippen LogP contribution in [0.5, 0.6) is 0 Å². The van der Waals surface area contributed by atoms with Crippen molar-refractivity contribution >= 4 is 46.6 Å². The Hall–Kier alpha value is -5.33. The Labute approximate surface area is 366 Å². The Kier molecular flexibility index (Phi) is 12.1. The van der Waals surface area contributed by atoms with E-state index >= 15 is 8.78 Å². The zero-order valence-electron chi connectivity index (χ0n) is 36.0. The second kappa shape index (κ2) is 16.7. The number of sulfone groups is 2. The van der Waals surface area contributed by atoms with E-state index in [2.05, 4.69) is 0 Å². The molecule has 0 N–H and O–H groups in total. The van der Waals surface area contributed by atoms with Crippen LogP contribution in [-0.4, -0.2) is 73.6 Å². The first-order valence-corrected chi connectivity index (χ1v) is 25.1. The number of aromatic nitrogens is 5. The monoisotopic (exact) mass is 921 g/mol. The normalized spacial score (nSPS) is 19.4. The highest BCUT2D eigenvalue weighted by Crippen LogP contribution is 2.40. The highest BCUT2D eigenvalue weighted by atomic mass is 32.2. The number of methoxy groups -OCH3 is 1. The summed E-state index contributed by atoms with van der Waals surface area (Å²) in [6.45, 7) is 9.02. The first-order valence-electron chi connectivity index (χ1n) is 20.3. The number of pyridine rings is 1. The molecular formula is C45H49F2N5O8S3. The zero-order chi connectivity index (χ0) is 45.9. The van der Waals surface area contributed by atoms with Gasteiger partial charge in [-0.3, -0.25) is 9.78 Å². The minimum Gasteiger partial charge on any atom is -0.469 e. The molecule has 6 aromatic rings. The van der Waals surface area contributed by atoms with Gasteiger partial charge in [-0.15, -0.1) is 0 Å². The Morgan fingerprint density at radius 3 is 2.35 bits per heavy atom. The van der Waals surface area contributed by atoms with E-state index < -0.39 is 86.0 Å². The van der Waals surface area contributed by atoms with E-state index in [0.29, 0.717) is 30.7 Å². The number of rotatable bonds is 6. The maximum Gasteiger partial charge on any atom is 0.308 e. The molecule has 3 aromatic heterocycles. The average molecular weight is 922 g/mol. The van der Waals surface area contributed by atoms with Gasteiger partial charge in [0, 0.05) is 36.8 Å². The van der Waals surface area contributed by atoms with Crippen LogP contribution in [0.25, 0.3) is 22.3 Å². The van der Waals surface area contributed by atoms with Gasteiger partial charge >= 0.3 is 5.97 Å². The van der Waals surface area contributed by atoms with Gasteiger partial charge < -0.3 is 4.74 Å². The molecule has 7 rings (SSSR count). The van der Waals surface area contributed by atoms with E-state index in [-0.39, 0.29) is 50.7 Å². The van der Waals surface area contributed by atoms with Gasteiger partial charge in [-0.1, -0.05) is 51.0 Å². The molecule has 18 heteroatoms. The van der Waals surface area contributed by atoms with Crippen molar-refractivity contribution in [1.29, 1.82) is 0 Å². The molecule has 1 aliphatic heterocycles. The summed E-state index contributed by atoms with van der Waals surface area (Å²) in [6, 6.07) is 16.5. The van der Waals surface area contributed by atoms with Crippen molar-refractivity contribution in [3.05, 3.63) is 119 Å². The molecule has 1 unspecified atom stereocenters. The van der Waals surface area contributed by atoms with Gasteiger partial charge in [0.05, 0.1) is 56.5 Å². The average Bonchev–Trinajstić information content (AvgIpc) is 3.83. The fourth-order valence-corrected chi connectivity index (χ4v) is 13.4. The van der Waals surface area contributed by atoms with E-state index in [1.807, 2.05) is 20.8 Å². The minimum atomic E-state index is -4.91. The van der Waals surface area contributed by atoms with Crippen molar-refractivity contribution in [2.45, 2.75) is 86.8 Å². The van der Waals surface area contributed by atoms with Crippen LogP contribution in [0.1, 0.15) is 75.3 Å². The number of benzene rings is 3. The zero-order valence-corrected chi connectivity index (χ0v) is 38.5. The molecule has 2 atom stereocenters. The summed E-state index contributed by atoms with van der Waals surface area (Å²) in [5.41, 5.74) is -0.568. The Morgan fingerprint density at radius 1 is 0.937 bits per heavy atom. The topological polar surface area (TPSA) is 177 Å². The number of aryl methyl sites for hydroxylation is 3. The lowest BCUT2D eigenvalue weighted by Gasteiger charge is -2.30. The van der Waals surface area contributed by atoms with Gasteiger partial charge in [-0.25, -0.2) is 47.7 Å². The van der Waals surface area contributed by atoms with Crippen molar-refractivity contribution in [2.75, 3.05) is 18.6 Å². The number of hydrogen-bond acceptors (Lipinski definition) is 11. The summed E-state index contributed by atoms with van der Waals surface area (Å²) in [7, 11) is -10.4. The first kappa shape index (κ1) is 45.7. The summed E-state index contributed by atoms with van der Waals surface area (Å²) in [5, 5.41) is 4.74. The molecule has 334 valence electrons. The minimum absolute atomic E-state index is 0.0199. The predicted octanol–water partition coefficient (Wildman–Crippen LogP) is 7.31. The number of fused-ring (bicyclic) bond motifs is 8. The fourth-order valence-electron chi connectivity index (χ4n) is 8.43. The molecule has 0 amide bonds. The van der Waals surface area contributed by atoms with E-state index in [0.717, 1.165) is 33.8 Å². The molecule has 0 radical (unpaired) electrons. The maximum absolute atomic E-state index is 16.8. The highest BCUT2D eigenvalue weighted by Gasteiger charge is 2.38. The molecule has 0 spiro atoms. The third kappa shape index (κ3) is 8.81. The molecule has 3 aromatic carbocycles. The van der Waals surface area contributed by atoms with Gasteiger partial charge in [-0.2, -0.15) is 5.10 Å².